The van der Waals surface area contributed by atoms with Crippen molar-refractivity contribution in [2.45, 2.75) is 13.5 Å². The van der Waals surface area contributed by atoms with E-state index < -0.39 is 16.6 Å². The normalized spacial score (nSPS) is 10.2. The van der Waals surface area contributed by atoms with Crippen LogP contribution >= 0.6 is 0 Å². The first-order valence-corrected chi connectivity index (χ1v) is 6.26. The van der Waals surface area contributed by atoms with Crippen LogP contribution in [0.15, 0.2) is 42.5 Å². The monoisotopic (exact) mass is 288 g/mol. The average molecular weight is 288 g/mol. The number of carbonyl (C=O) groups excluding carboxylic acids is 1. The van der Waals surface area contributed by atoms with Crippen molar-refractivity contribution in [3.8, 4) is 0 Å². The molecule has 21 heavy (non-hydrogen) atoms. The van der Waals surface area contributed by atoms with Gasteiger partial charge in [0, 0.05) is 18.2 Å². The third-order valence-corrected chi connectivity index (χ3v) is 3.17. The molecule has 2 aromatic rings. The smallest absolute Gasteiger partial charge is 0.272 e. The Kier molecular flexibility index (Phi) is 4.27. The quantitative estimate of drug-likeness (QED) is 0.694. The predicted octanol–water partition coefficient (Wildman–Crippen LogP) is 2.97. The van der Waals surface area contributed by atoms with E-state index in [1.54, 1.807) is 25.1 Å². The number of carbonyl (C=O) groups is 1. The van der Waals surface area contributed by atoms with Crippen LogP contribution in [0.5, 0.6) is 0 Å². The lowest BCUT2D eigenvalue weighted by atomic mass is 10.1. The van der Waals surface area contributed by atoms with Gasteiger partial charge in [-0.3, -0.25) is 14.9 Å². The predicted molar refractivity (Wildman–Crippen MR) is 75.4 cm³/mol. The molecule has 0 saturated carbocycles. The van der Waals surface area contributed by atoms with E-state index in [9.17, 15) is 19.3 Å². The Morgan fingerprint density at radius 1 is 1.24 bits per heavy atom. The number of benzene rings is 2. The number of halogens is 1. The molecule has 1 amide bonds. The van der Waals surface area contributed by atoms with Gasteiger partial charge in [-0.1, -0.05) is 24.3 Å². The van der Waals surface area contributed by atoms with Crippen LogP contribution in [0.1, 0.15) is 21.5 Å². The lowest BCUT2D eigenvalue weighted by molar-refractivity contribution is -0.385. The maximum Gasteiger partial charge on any atom is 0.272 e. The summed E-state index contributed by atoms with van der Waals surface area (Å²) in [6, 6.07) is 10.3. The second-order valence-electron chi connectivity index (χ2n) is 4.48. The van der Waals surface area contributed by atoms with Crippen molar-refractivity contribution in [3.63, 3.8) is 0 Å². The second-order valence-corrected chi connectivity index (χ2v) is 4.48. The van der Waals surface area contributed by atoms with Gasteiger partial charge in [0.25, 0.3) is 11.6 Å². The molecule has 0 aliphatic rings. The Morgan fingerprint density at radius 3 is 2.62 bits per heavy atom. The lowest BCUT2D eigenvalue weighted by Crippen LogP contribution is -2.24. The number of hydrogen-bond acceptors (Lipinski definition) is 3. The van der Waals surface area contributed by atoms with E-state index in [0.29, 0.717) is 11.1 Å². The summed E-state index contributed by atoms with van der Waals surface area (Å²) in [5.74, 6) is -1.16. The summed E-state index contributed by atoms with van der Waals surface area (Å²) in [5.41, 5.74) is 1.04. The molecule has 2 aromatic carbocycles. The zero-order chi connectivity index (χ0) is 15.4. The summed E-state index contributed by atoms with van der Waals surface area (Å²) >= 11 is 0. The van der Waals surface area contributed by atoms with Crippen molar-refractivity contribution in [2.75, 3.05) is 0 Å². The Hall–Kier alpha value is -2.76. The molecule has 0 spiro atoms. The maximum atomic E-state index is 13.5. The maximum absolute atomic E-state index is 13.5. The largest absolute Gasteiger partial charge is 0.348 e. The summed E-state index contributed by atoms with van der Waals surface area (Å²) in [6.45, 7) is 1.71. The van der Waals surface area contributed by atoms with Crippen LogP contribution in [0.3, 0.4) is 0 Å². The highest BCUT2D eigenvalue weighted by Gasteiger charge is 2.15. The molecule has 0 atom stereocenters. The molecule has 108 valence electrons. The highest BCUT2D eigenvalue weighted by Crippen LogP contribution is 2.21. The number of amides is 1. The Bertz CT molecular complexity index is 701. The molecule has 2 rings (SSSR count). The standard InChI is InChI=1S/C15H13FN2O3/c1-10-11(5-4-8-14(10)18(20)21)9-17-15(19)12-6-2-3-7-13(12)16/h2-8H,9H2,1H3,(H,17,19). The fraction of sp³-hybridized carbons (Fsp3) is 0.133. The molecule has 5 nitrogen and oxygen atoms in total. The van der Waals surface area contributed by atoms with Gasteiger partial charge >= 0.3 is 0 Å². The van der Waals surface area contributed by atoms with E-state index in [1.165, 1.54) is 24.3 Å². The fourth-order valence-electron chi connectivity index (χ4n) is 1.98. The molecule has 0 aliphatic heterocycles. The van der Waals surface area contributed by atoms with Crippen LogP contribution in [-0.4, -0.2) is 10.8 Å². The zero-order valence-electron chi connectivity index (χ0n) is 11.3. The minimum Gasteiger partial charge on any atom is -0.348 e. The summed E-state index contributed by atoms with van der Waals surface area (Å²) in [7, 11) is 0. The molecule has 0 unspecified atom stereocenters. The Balaban J connectivity index is 2.14. The Morgan fingerprint density at radius 2 is 1.95 bits per heavy atom. The molecule has 0 fully saturated rings. The first-order chi connectivity index (χ1) is 10.0. The summed E-state index contributed by atoms with van der Waals surface area (Å²) in [4.78, 5) is 22.3. The van der Waals surface area contributed by atoms with Gasteiger partial charge in [0.2, 0.25) is 0 Å². The summed E-state index contributed by atoms with van der Waals surface area (Å²) in [6.07, 6.45) is 0. The lowest BCUT2D eigenvalue weighted by Gasteiger charge is -2.08. The van der Waals surface area contributed by atoms with E-state index in [2.05, 4.69) is 5.32 Å². The van der Waals surface area contributed by atoms with Crippen molar-refractivity contribution < 1.29 is 14.1 Å². The number of nitro benzene ring substituents is 1. The van der Waals surface area contributed by atoms with Crippen molar-refractivity contribution in [2.24, 2.45) is 0 Å². The number of hydrogen-bond donors (Lipinski definition) is 1. The highest BCUT2D eigenvalue weighted by atomic mass is 19.1. The van der Waals surface area contributed by atoms with E-state index in [-0.39, 0.29) is 17.8 Å². The molecular formula is C15H13FN2O3. The van der Waals surface area contributed by atoms with Gasteiger partial charge in [-0.05, 0) is 24.6 Å². The van der Waals surface area contributed by atoms with Gasteiger partial charge in [-0.15, -0.1) is 0 Å². The van der Waals surface area contributed by atoms with Gasteiger partial charge in [-0.25, -0.2) is 4.39 Å². The van der Waals surface area contributed by atoms with Crippen molar-refractivity contribution in [1.82, 2.24) is 5.32 Å². The molecule has 6 heteroatoms. The molecule has 0 aliphatic carbocycles. The van der Waals surface area contributed by atoms with Crippen LogP contribution < -0.4 is 5.32 Å². The number of nitro groups is 1. The van der Waals surface area contributed by atoms with E-state index in [4.69, 9.17) is 0 Å². The second kappa shape index (κ2) is 6.13. The molecule has 0 saturated heterocycles. The molecule has 1 N–H and O–H groups in total. The van der Waals surface area contributed by atoms with Crippen LogP contribution in [0.25, 0.3) is 0 Å². The van der Waals surface area contributed by atoms with Gasteiger partial charge < -0.3 is 5.32 Å². The van der Waals surface area contributed by atoms with Crippen molar-refractivity contribution in [3.05, 3.63) is 75.1 Å². The third kappa shape index (κ3) is 3.22. The summed E-state index contributed by atoms with van der Waals surface area (Å²) in [5, 5.41) is 13.4. The van der Waals surface area contributed by atoms with Gasteiger partial charge in [0.05, 0.1) is 10.5 Å². The van der Waals surface area contributed by atoms with E-state index >= 15 is 0 Å². The van der Waals surface area contributed by atoms with Crippen molar-refractivity contribution >= 4 is 11.6 Å². The van der Waals surface area contributed by atoms with Crippen LogP contribution in [-0.2, 0) is 6.54 Å². The molecular weight excluding hydrogens is 275 g/mol. The van der Waals surface area contributed by atoms with E-state index in [1.807, 2.05) is 0 Å². The molecule has 0 heterocycles. The topological polar surface area (TPSA) is 72.2 Å². The SMILES string of the molecule is Cc1c(CNC(=O)c2ccccc2F)cccc1[N+](=O)[O-]. The van der Waals surface area contributed by atoms with Crippen LogP contribution in [0.4, 0.5) is 10.1 Å². The fourth-order valence-corrected chi connectivity index (χ4v) is 1.98. The van der Waals surface area contributed by atoms with Gasteiger partial charge in [0.15, 0.2) is 0 Å². The molecule has 0 radical (unpaired) electrons. The number of rotatable bonds is 4. The number of nitrogens with one attached hydrogen (secondary N) is 1. The van der Waals surface area contributed by atoms with Gasteiger partial charge in [0.1, 0.15) is 5.82 Å². The molecule has 0 bridgehead atoms. The number of nitrogens with zero attached hydrogens (tertiary/aromatic N) is 1. The minimum absolute atomic E-state index is 0.00681. The first kappa shape index (κ1) is 14.6. The van der Waals surface area contributed by atoms with Crippen LogP contribution in [0, 0.1) is 22.9 Å². The van der Waals surface area contributed by atoms with E-state index in [0.717, 1.165) is 0 Å². The average Bonchev–Trinajstić information content (AvgIpc) is 2.46. The minimum atomic E-state index is -0.606. The Labute approximate surface area is 120 Å². The first-order valence-electron chi connectivity index (χ1n) is 6.26. The van der Waals surface area contributed by atoms with Gasteiger partial charge in [-0.2, -0.15) is 0 Å². The summed E-state index contributed by atoms with van der Waals surface area (Å²) < 4.78 is 13.5. The molecule has 0 aromatic heterocycles. The van der Waals surface area contributed by atoms with Crippen LogP contribution in [0.2, 0.25) is 0 Å². The highest BCUT2D eigenvalue weighted by molar-refractivity contribution is 5.94. The van der Waals surface area contributed by atoms with Crippen molar-refractivity contribution in [1.29, 1.82) is 0 Å². The zero-order valence-corrected chi connectivity index (χ0v) is 11.3. The third-order valence-electron chi connectivity index (χ3n) is 3.17.